The number of hydrogen-bond donors (Lipinski definition) is 1. The fourth-order valence-electron chi connectivity index (χ4n) is 3.60. The minimum Gasteiger partial charge on any atom is -0.496 e. The van der Waals surface area contributed by atoms with Gasteiger partial charge in [0.25, 0.3) is 0 Å². The van der Waals surface area contributed by atoms with Crippen LogP contribution < -0.4 is 10.1 Å². The van der Waals surface area contributed by atoms with E-state index in [0.717, 1.165) is 43.0 Å². The Morgan fingerprint density at radius 2 is 2.08 bits per heavy atom. The number of nitrogens with one attached hydrogen (secondary N) is 1. The molecule has 138 valence electrons. The summed E-state index contributed by atoms with van der Waals surface area (Å²) in [4.78, 5) is 2.51. The minimum atomic E-state index is 0. The molecule has 7 heteroatoms. The van der Waals surface area contributed by atoms with Crippen LogP contribution in [-0.4, -0.2) is 46.6 Å². The van der Waals surface area contributed by atoms with Crippen molar-refractivity contribution in [1.82, 2.24) is 25.2 Å². The lowest BCUT2D eigenvalue weighted by molar-refractivity contribution is 0.151. The second-order valence-electron chi connectivity index (χ2n) is 6.47. The molecule has 0 amide bonds. The van der Waals surface area contributed by atoms with Crippen LogP contribution in [0, 0.1) is 0 Å². The molecule has 2 heterocycles. The van der Waals surface area contributed by atoms with Crippen LogP contribution in [0.15, 0.2) is 42.5 Å². The van der Waals surface area contributed by atoms with Crippen molar-refractivity contribution in [2.24, 2.45) is 7.05 Å². The van der Waals surface area contributed by atoms with Gasteiger partial charge in [-0.15, -0.1) is 17.5 Å². The van der Waals surface area contributed by atoms with Gasteiger partial charge in [0.15, 0.2) is 0 Å². The predicted molar refractivity (Wildman–Crippen MR) is 105 cm³/mol. The second kappa shape index (κ2) is 8.03. The van der Waals surface area contributed by atoms with Gasteiger partial charge < -0.3 is 10.1 Å². The summed E-state index contributed by atoms with van der Waals surface area (Å²) in [5.41, 5.74) is 4.50. The van der Waals surface area contributed by atoms with Gasteiger partial charge in [-0.05, 0) is 23.8 Å². The number of benzene rings is 2. The van der Waals surface area contributed by atoms with Crippen molar-refractivity contribution >= 4 is 23.4 Å². The molecule has 1 aliphatic rings. The summed E-state index contributed by atoms with van der Waals surface area (Å²) in [7, 11) is 3.66. The van der Waals surface area contributed by atoms with Gasteiger partial charge >= 0.3 is 0 Å². The van der Waals surface area contributed by atoms with Crippen LogP contribution in [0.1, 0.15) is 17.2 Å². The van der Waals surface area contributed by atoms with Gasteiger partial charge in [0.1, 0.15) is 11.3 Å². The Morgan fingerprint density at radius 1 is 1.23 bits per heavy atom. The third kappa shape index (κ3) is 3.53. The van der Waals surface area contributed by atoms with Crippen LogP contribution in [0.3, 0.4) is 0 Å². The zero-order valence-electron chi connectivity index (χ0n) is 15.1. The number of fused-ring (bicyclic) bond motifs is 1. The van der Waals surface area contributed by atoms with E-state index < -0.39 is 0 Å². The van der Waals surface area contributed by atoms with Crippen molar-refractivity contribution in [1.29, 1.82) is 0 Å². The van der Waals surface area contributed by atoms with Crippen LogP contribution in [0.25, 0.3) is 11.0 Å². The molecule has 0 radical (unpaired) electrons. The molecule has 2 aromatic carbocycles. The maximum Gasteiger partial charge on any atom is 0.123 e. The molecule has 1 aliphatic heterocycles. The Hall–Kier alpha value is -2.15. The van der Waals surface area contributed by atoms with Gasteiger partial charge in [0, 0.05) is 38.8 Å². The maximum atomic E-state index is 5.58. The number of para-hydroxylation sites is 1. The molecule has 1 saturated heterocycles. The first-order valence-electron chi connectivity index (χ1n) is 8.62. The molecule has 26 heavy (non-hydrogen) atoms. The van der Waals surface area contributed by atoms with Gasteiger partial charge in [0.2, 0.25) is 0 Å². The minimum absolute atomic E-state index is 0. The highest BCUT2D eigenvalue weighted by Gasteiger charge is 2.26. The van der Waals surface area contributed by atoms with Crippen LogP contribution in [0.5, 0.6) is 5.75 Å². The van der Waals surface area contributed by atoms with Crippen LogP contribution in [0.4, 0.5) is 0 Å². The van der Waals surface area contributed by atoms with Crippen molar-refractivity contribution in [2.75, 3.05) is 26.7 Å². The molecule has 3 aromatic rings. The van der Waals surface area contributed by atoms with E-state index in [1.165, 1.54) is 11.1 Å². The van der Waals surface area contributed by atoms with E-state index in [0.29, 0.717) is 6.04 Å². The number of hydrogen-bond acceptors (Lipinski definition) is 5. The van der Waals surface area contributed by atoms with E-state index in [1.54, 1.807) is 7.11 Å². The van der Waals surface area contributed by atoms with E-state index in [-0.39, 0.29) is 12.4 Å². The van der Waals surface area contributed by atoms with Crippen molar-refractivity contribution < 1.29 is 4.74 Å². The number of rotatable bonds is 4. The van der Waals surface area contributed by atoms with Crippen molar-refractivity contribution in [3.8, 4) is 5.75 Å². The van der Waals surface area contributed by atoms with E-state index in [2.05, 4.69) is 50.9 Å². The number of nitrogens with zero attached hydrogens (tertiary/aromatic N) is 4. The Labute approximate surface area is 159 Å². The molecular formula is C19H24ClN5O. The lowest BCUT2D eigenvalue weighted by Gasteiger charge is -2.37. The molecule has 0 saturated carbocycles. The fourth-order valence-corrected chi connectivity index (χ4v) is 3.60. The van der Waals surface area contributed by atoms with E-state index >= 15 is 0 Å². The maximum absolute atomic E-state index is 5.58. The van der Waals surface area contributed by atoms with Gasteiger partial charge in [-0.25, -0.2) is 4.68 Å². The molecule has 1 atom stereocenters. The average Bonchev–Trinajstić information content (AvgIpc) is 3.02. The van der Waals surface area contributed by atoms with E-state index in [9.17, 15) is 0 Å². The molecule has 1 unspecified atom stereocenters. The third-order valence-electron chi connectivity index (χ3n) is 4.91. The van der Waals surface area contributed by atoms with Crippen molar-refractivity contribution in [3.05, 3.63) is 53.6 Å². The van der Waals surface area contributed by atoms with Gasteiger partial charge in [0.05, 0.1) is 18.7 Å². The van der Waals surface area contributed by atoms with Crippen LogP contribution in [-0.2, 0) is 13.6 Å². The molecule has 1 aromatic heterocycles. The Morgan fingerprint density at radius 3 is 2.92 bits per heavy atom. The molecule has 1 N–H and O–H groups in total. The number of halogens is 1. The summed E-state index contributed by atoms with van der Waals surface area (Å²) in [5, 5.41) is 11.8. The monoisotopic (exact) mass is 373 g/mol. The molecular weight excluding hydrogens is 350 g/mol. The van der Waals surface area contributed by atoms with Gasteiger partial charge in [-0.1, -0.05) is 29.5 Å². The largest absolute Gasteiger partial charge is 0.496 e. The summed E-state index contributed by atoms with van der Waals surface area (Å²) >= 11 is 0. The highest BCUT2D eigenvalue weighted by Crippen LogP contribution is 2.31. The molecule has 0 spiro atoms. The Balaban J connectivity index is 0.00000196. The average molecular weight is 374 g/mol. The normalized spacial score (nSPS) is 17.8. The third-order valence-corrected chi connectivity index (χ3v) is 4.91. The topological polar surface area (TPSA) is 55.2 Å². The summed E-state index contributed by atoms with van der Waals surface area (Å²) < 4.78 is 7.39. The highest BCUT2D eigenvalue weighted by atomic mass is 35.5. The molecule has 0 aliphatic carbocycles. The zero-order valence-corrected chi connectivity index (χ0v) is 15.9. The summed E-state index contributed by atoms with van der Waals surface area (Å²) in [6, 6.07) is 15.0. The van der Waals surface area contributed by atoms with Crippen molar-refractivity contribution in [2.45, 2.75) is 12.6 Å². The first-order valence-corrected chi connectivity index (χ1v) is 8.62. The standard InChI is InChI=1S/C19H23N5O.ClH/c1-23-17-8-7-14(11-16(17)21-22-23)13-24-10-9-20-12-18(24)15-5-3-4-6-19(15)25-2;/h3-8,11,18,20H,9-10,12-13H2,1-2H3;1H. The number of piperazine rings is 1. The van der Waals surface area contributed by atoms with Crippen LogP contribution in [0.2, 0.25) is 0 Å². The lowest BCUT2D eigenvalue weighted by atomic mass is 10.0. The van der Waals surface area contributed by atoms with E-state index in [4.69, 9.17) is 4.74 Å². The number of aromatic nitrogens is 3. The lowest BCUT2D eigenvalue weighted by Crippen LogP contribution is -2.45. The molecule has 1 fully saturated rings. The summed E-state index contributed by atoms with van der Waals surface area (Å²) in [6.07, 6.45) is 0. The zero-order chi connectivity index (χ0) is 17.2. The molecule has 0 bridgehead atoms. The Kier molecular flexibility index (Phi) is 5.76. The number of methoxy groups -OCH3 is 1. The predicted octanol–water partition coefficient (Wildman–Crippen LogP) is 2.55. The molecule has 6 nitrogen and oxygen atoms in total. The number of ether oxygens (including phenoxy) is 1. The SMILES string of the molecule is COc1ccccc1C1CNCCN1Cc1ccc2c(c1)nnn2C.Cl. The fraction of sp³-hybridized carbons (Fsp3) is 0.368. The second-order valence-corrected chi connectivity index (χ2v) is 6.47. The first kappa shape index (κ1) is 18.6. The summed E-state index contributed by atoms with van der Waals surface area (Å²) in [5.74, 6) is 0.950. The smallest absolute Gasteiger partial charge is 0.123 e. The first-order chi connectivity index (χ1) is 12.3. The quantitative estimate of drug-likeness (QED) is 0.761. The van der Waals surface area contributed by atoms with Gasteiger partial charge in [-0.3, -0.25) is 4.90 Å². The Bertz CT molecular complexity index is 881. The number of aryl methyl sites for hydroxylation is 1. The van der Waals surface area contributed by atoms with E-state index in [1.807, 2.05) is 23.9 Å². The highest BCUT2D eigenvalue weighted by molar-refractivity contribution is 5.85. The van der Waals surface area contributed by atoms with Gasteiger partial charge in [-0.2, -0.15) is 0 Å². The summed E-state index contributed by atoms with van der Waals surface area (Å²) in [6.45, 7) is 3.81. The van der Waals surface area contributed by atoms with Crippen molar-refractivity contribution in [3.63, 3.8) is 0 Å². The molecule has 4 rings (SSSR count). The van der Waals surface area contributed by atoms with Crippen LogP contribution >= 0.6 is 12.4 Å².